The number of furan rings is 1. The highest BCUT2D eigenvalue weighted by molar-refractivity contribution is 6.11. The molecule has 6 nitrogen and oxygen atoms in total. The molecule has 0 unspecified atom stereocenters. The van der Waals surface area contributed by atoms with E-state index in [0.29, 0.717) is 41.4 Å². The zero-order chi connectivity index (χ0) is 21.1. The number of carbonyl (C=O) groups is 2. The van der Waals surface area contributed by atoms with Gasteiger partial charge in [0, 0.05) is 18.5 Å². The molecule has 0 saturated carbocycles. The van der Waals surface area contributed by atoms with Gasteiger partial charge in [0.1, 0.15) is 17.0 Å². The number of carbonyl (C=O) groups excluding carboxylic acids is 2. The van der Waals surface area contributed by atoms with E-state index < -0.39 is 6.10 Å². The normalized spacial score (nSPS) is 15.7. The first-order chi connectivity index (χ1) is 14.5. The first-order valence-corrected chi connectivity index (χ1v) is 10.4. The van der Waals surface area contributed by atoms with Crippen LogP contribution in [0.25, 0.3) is 11.0 Å². The highest BCUT2D eigenvalue weighted by Gasteiger charge is 2.29. The molecule has 156 valence electrons. The van der Waals surface area contributed by atoms with Crippen LogP contribution in [-0.2, 0) is 4.79 Å². The minimum atomic E-state index is -0.736. The third-order valence-corrected chi connectivity index (χ3v) is 5.53. The zero-order valence-electron chi connectivity index (χ0n) is 17.3. The van der Waals surface area contributed by atoms with E-state index in [1.807, 2.05) is 36.4 Å². The average Bonchev–Trinajstić information content (AvgIpc) is 3.13. The Bertz CT molecular complexity index is 1040. The van der Waals surface area contributed by atoms with Gasteiger partial charge in [0.2, 0.25) is 5.76 Å². The Balaban J connectivity index is 1.58. The predicted octanol–water partition coefficient (Wildman–Crippen LogP) is 4.71. The summed E-state index contributed by atoms with van der Waals surface area (Å²) in [5.41, 5.74) is 0.973. The Kier molecular flexibility index (Phi) is 5.74. The van der Waals surface area contributed by atoms with Crippen LogP contribution in [0.3, 0.4) is 0 Å². The summed E-state index contributed by atoms with van der Waals surface area (Å²) in [5.74, 6) is 0.860. The topological polar surface area (TPSA) is 71.8 Å². The van der Waals surface area contributed by atoms with Gasteiger partial charge in [-0.1, -0.05) is 37.3 Å². The van der Waals surface area contributed by atoms with Crippen molar-refractivity contribution in [2.24, 2.45) is 5.92 Å². The molecule has 1 aliphatic rings. The number of amides is 2. The van der Waals surface area contributed by atoms with Gasteiger partial charge in [0.15, 0.2) is 6.10 Å². The summed E-state index contributed by atoms with van der Waals surface area (Å²) in [4.78, 5) is 27.8. The van der Waals surface area contributed by atoms with E-state index in [4.69, 9.17) is 9.15 Å². The van der Waals surface area contributed by atoms with Gasteiger partial charge in [-0.05, 0) is 49.9 Å². The summed E-state index contributed by atoms with van der Waals surface area (Å²) in [6.07, 6.45) is 1.20. The van der Waals surface area contributed by atoms with Crippen LogP contribution in [0.5, 0.6) is 5.75 Å². The van der Waals surface area contributed by atoms with Crippen molar-refractivity contribution in [3.8, 4) is 5.75 Å². The van der Waals surface area contributed by atoms with Crippen LogP contribution < -0.4 is 10.1 Å². The molecule has 1 N–H and O–H groups in total. The number of rotatable bonds is 5. The Morgan fingerprint density at radius 1 is 1.07 bits per heavy atom. The van der Waals surface area contributed by atoms with Gasteiger partial charge in [0.05, 0.1) is 0 Å². The van der Waals surface area contributed by atoms with Gasteiger partial charge in [-0.3, -0.25) is 9.59 Å². The van der Waals surface area contributed by atoms with Crippen molar-refractivity contribution in [1.82, 2.24) is 4.90 Å². The van der Waals surface area contributed by atoms with E-state index in [1.165, 1.54) is 0 Å². The molecule has 1 aromatic heterocycles. The van der Waals surface area contributed by atoms with Crippen LogP contribution >= 0.6 is 0 Å². The minimum Gasteiger partial charge on any atom is -0.481 e. The molecule has 2 heterocycles. The third kappa shape index (κ3) is 4.17. The molecule has 0 bridgehead atoms. The average molecular weight is 406 g/mol. The van der Waals surface area contributed by atoms with E-state index in [2.05, 4.69) is 12.2 Å². The molecule has 2 amide bonds. The summed E-state index contributed by atoms with van der Waals surface area (Å²) in [6.45, 7) is 5.26. The van der Waals surface area contributed by atoms with Crippen LogP contribution in [0.2, 0.25) is 0 Å². The fourth-order valence-electron chi connectivity index (χ4n) is 3.66. The van der Waals surface area contributed by atoms with E-state index in [-0.39, 0.29) is 17.6 Å². The number of nitrogens with zero attached hydrogens (tertiary/aromatic N) is 1. The van der Waals surface area contributed by atoms with Gasteiger partial charge in [-0.25, -0.2) is 0 Å². The molecule has 1 aliphatic heterocycles. The molecular formula is C24H26N2O4. The van der Waals surface area contributed by atoms with E-state index in [9.17, 15) is 9.59 Å². The van der Waals surface area contributed by atoms with Crippen molar-refractivity contribution in [3.05, 3.63) is 60.4 Å². The molecule has 1 atom stereocenters. The number of hydrogen-bond donors (Lipinski definition) is 1. The Morgan fingerprint density at radius 2 is 1.73 bits per heavy atom. The first kappa shape index (κ1) is 20.0. The molecule has 2 aromatic carbocycles. The monoisotopic (exact) mass is 406 g/mol. The lowest BCUT2D eigenvalue weighted by molar-refractivity contribution is -0.122. The van der Waals surface area contributed by atoms with Crippen LogP contribution in [-0.4, -0.2) is 35.9 Å². The molecule has 0 aliphatic carbocycles. The largest absolute Gasteiger partial charge is 0.481 e. The second-order valence-electron chi connectivity index (χ2n) is 7.84. The maximum atomic E-state index is 13.2. The number of para-hydroxylation sites is 2. The van der Waals surface area contributed by atoms with Gasteiger partial charge in [-0.2, -0.15) is 0 Å². The summed E-state index contributed by atoms with van der Waals surface area (Å²) < 4.78 is 11.6. The summed E-state index contributed by atoms with van der Waals surface area (Å²) in [6, 6.07) is 16.5. The van der Waals surface area contributed by atoms with Crippen LogP contribution in [0.1, 0.15) is 37.2 Å². The Labute approximate surface area is 175 Å². The molecular weight excluding hydrogens is 380 g/mol. The lowest BCUT2D eigenvalue weighted by atomic mass is 9.99. The second kappa shape index (κ2) is 8.61. The van der Waals surface area contributed by atoms with Crippen molar-refractivity contribution < 1.29 is 18.7 Å². The molecule has 30 heavy (non-hydrogen) atoms. The number of likely N-dealkylation sites (tertiary alicyclic amines) is 1. The quantitative estimate of drug-likeness (QED) is 0.666. The number of piperidine rings is 1. The fourth-order valence-corrected chi connectivity index (χ4v) is 3.66. The van der Waals surface area contributed by atoms with Crippen molar-refractivity contribution in [2.45, 2.75) is 32.8 Å². The predicted molar refractivity (Wildman–Crippen MR) is 116 cm³/mol. The van der Waals surface area contributed by atoms with Crippen molar-refractivity contribution in [1.29, 1.82) is 0 Å². The Morgan fingerprint density at radius 3 is 2.47 bits per heavy atom. The number of nitrogens with one attached hydrogen (secondary N) is 1. The summed E-state index contributed by atoms with van der Waals surface area (Å²) in [5, 5.41) is 3.58. The molecule has 3 aromatic rings. The number of ether oxygens (including phenoxy) is 1. The van der Waals surface area contributed by atoms with Gasteiger partial charge >= 0.3 is 0 Å². The second-order valence-corrected chi connectivity index (χ2v) is 7.84. The maximum Gasteiger partial charge on any atom is 0.291 e. The molecule has 4 rings (SSSR count). The molecule has 0 spiro atoms. The van der Waals surface area contributed by atoms with E-state index >= 15 is 0 Å². The van der Waals surface area contributed by atoms with Crippen molar-refractivity contribution in [2.75, 3.05) is 18.4 Å². The number of fused-ring (bicyclic) bond motifs is 1. The highest BCUT2D eigenvalue weighted by atomic mass is 16.5. The van der Waals surface area contributed by atoms with Crippen molar-refractivity contribution in [3.63, 3.8) is 0 Å². The van der Waals surface area contributed by atoms with Gasteiger partial charge < -0.3 is 19.4 Å². The Hall–Kier alpha value is -3.28. The standard InChI is InChI=1S/C24H26N2O4/c1-16-12-14-26(15-13-16)24(28)22-21(19-10-6-7-11-20(19)30-22)25-23(27)17(2)29-18-8-4-3-5-9-18/h3-11,16-17H,12-15H2,1-2H3,(H,25,27)/t17-/m0/s1. The van der Waals surface area contributed by atoms with Gasteiger partial charge in [-0.15, -0.1) is 0 Å². The van der Waals surface area contributed by atoms with Crippen LogP contribution in [0.15, 0.2) is 59.0 Å². The highest BCUT2D eigenvalue weighted by Crippen LogP contribution is 2.33. The summed E-state index contributed by atoms with van der Waals surface area (Å²) in [7, 11) is 0. The lowest BCUT2D eigenvalue weighted by Gasteiger charge is -2.29. The summed E-state index contributed by atoms with van der Waals surface area (Å²) >= 11 is 0. The van der Waals surface area contributed by atoms with E-state index in [1.54, 1.807) is 30.0 Å². The fraction of sp³-hybridized carbons (Fsp3) is 0.333. The SMILES string of the molecule is CC1CCN(C(=O)c2oc3ccccc3c2NC(=O)[C@H](C)Oc2ccccc2)CC1. The first-order valence-electron chi connectivity index (χ1n) is 10.4. The zero-order valence-corrected chi connectivity index (χ0v) is 17.3. The molecule has 1 fully saturated rings. The van der Waals surface area contributed by atoms with Crippen LogP contribution in [0, 0.1) is 5.92 Å². The molecule has 6 heteroatoms. The lowest BCUT2D eigenvalue weighted by Crippen LogP contribution is -2.38. The minimum absolute atomic E-state index is 0.172. The molecule has 1 saturated heterocycles. The smallest absolute Gasteiger partial charge is 0.291 e. The maximum absolute atomic E-state index is 13.2. The molecule has 0 radical (unpaired) electrons. The third-order valence-electron chi connectivity index (χ3n) is 5.53. The van der Waals surface area contributed by atoms with Crippen LogP contribution in [0.4, 0.5) is 5.69 Å². The van der Waals surface area contributed by atoms with E-state index in [0.717, 1.165) is 12.8 Å². The van der Waals surface area contributed by atoms with Crippen molar-refractivity contribution >= 4 is 28.5 Å². The number of anilines is 1. The van der Waals surface area contributed by atoms with Gasteiger partial charge in [0.25, 0.3) is 11.8 Å². The number of hydrogen-bond acceptors (Lipinski definition) is 4. The number of benzene rings is 2.